The zero-order chi connectivity index (χ0) is 24.8. The van der Waals surface area contributed by atoms with Gasteiger partial charge in [0.05, 0.1) is 7.11 Å². The van der Waals surface area contributed by atoms with Gasteiger partial charge < -0.3 is 9.47 Å². The first kappa shape index (κ1) is 24.3. The molecule has 4 rings (SSSR count). The van der Waals surface area contributed by atoms with Crippen molar-refractivity contribution >= 4 is 11.8 Å². The molecule has 3 aromatic carbocycles. The molecule has 0 aliphatic heterocycles. The summed E-state index contributed by atoms with van der Waals surface area (Å²) in [6.07, 6.45) is 0. The van der Waals surface area contributed by atoms with E-state index in [1.807, 2.05) is 79.1 Å². The molecule has 0 aliphatic rings. The van der Waals surface area contributed by atoms with Gasteiger partial charge in [0.25, 0.3) is 0 Å². The second-order valence-electron chi connectivity index (χ2n) is 8.01. The molecule has 9 heteroatoms. The number of hydrogen-bond acceptors (Lipinski definition) is 7. The summed E-state index contributed by atoms with van der Waals surface area (Å²) in [6, 6.07) is 23.2. The number of benzene rings is 3. The minimum Gasteiger partial charge on any atom is -0.493 e. The van der Waals surface area contributed by atoms with Gasteiger partial charge in [-0.25, -0.2) is 0 Å². The van der Waals surface area contributed by atoms with Gasteiger partial charge in [-0.3, -0.25) is 14.7 Å². The summed E-state index contributed by atoms with van der Waals surface area (Å²) >= 11 is 1.30. The van der Waals surface area contributed by atoms with Gasteiger partial charge in [-0.15, -0.1) is 10.2 Å². The molecule has 0 aliphatic carbocycles. The normalized spacial score (nSPS) is 11.7. The van der Waals surface area contributed by atoms with Crippen LogP contribution >= 0.6 is 11.8 Å². The monoisotopic (exact) mass is 490 g/mol. The lowest BCUT2D eigenvalue weighted by Gasteiger charge is -2.17. The molecule has 0 amide bonds. The highest BCUT2D eigenvalue weighted by atomic mass is 32.2. The molecule has 0 unspecified atom stereocenters. The van der Waals surface area contributed by atoms with Crippen LogP contribution in [0.5, 0.6) is 11.5 Å². The standard InChI is InChI=1S/C26H26N4O4S/c1-18-9-11-20(12-10-18)17-34-23-14-13-21(15-24(23)33-3)25(16-29(31)32)35-26-28-27-19(2)30(26)22-7-5-4-6-8-22/h4-15,25H,16-17H2,1-3H3/t25-/m1/s1. The van der Waals surface area contributed by atoms with Gasteiger partial charge in [0.2, 0.25) is 6.54 Å². The van der Waals surface area contributed by atoms with Gasteiger partial charge in [-0.1, -0.05) is 65.9 Å². The zero-order valence-corrected chi connectivity index (χ0v) is 20.6. The van der Waals surface area contributed by atoms with Gasteiger partial charge in [-0.2, -0.15) is 0 Å². The number of aryl methyl sites for hydroxylation is 2. The van der Waals surface area contributed by atoms with Crippen LogP contribution in [0.25, 0.3) is 5.69 Å². The van der Waals surface area contributed by atoms with E-state index >= 15 is 0 Å². The summed E-state index contributed by atoms with van der Waals surface area (Å²) in [7, 11) is 1.56. The SMILES string of the molecule is COc1cc([C@@H](C[N+](=O)[O-])Sc2nnc(C)n2-c2ccccc2)ccc1OCc1ccc(C)cc1. The van der Waals surface area contributed by atoms with E-state index in [1.54, 1.807) is 19.2 Å². The maximum absolute atomic E-state index is 11.5. The van der Waals surface area contributed by atoms with Crippen LogP contribution in [0.3, 0.4) is 0 Å². The topological polar surface area (TPSA) is 92.3 Å². The van der Waals surface area contributed by atoms with E-state index in [0.29, 0.717) is 29.1 Å². The van der Waals surface area contributed by atoms with Crippen LogP contribution in [0, 0.1) is 24.0 Å². The van der Waals surface area contributed by atoms with Crippen LogP contribution in [0.4, 0.5) is 0 Å². The highest BCUT2D eigenvalue weighted by molar-refractivity contribution is 7.99. The fraction of sp³-hybridized carbons (Fsp3) is 0.231. The fourth-order valence-corrected chi connectivity index (χ4v) is 4.78. The summed E-state index contributed by atoms with van der Waals surface area (Å²) in [4.78, 5) is 11.2. The largest absolute Gasteiger partial charge is 0.493 e. The number of methoxy groups -OCH3 is 1. The van der Waals surface area contributed by atoms with E-state index in [4.69, 9.17) is 9.47 Å². The van der Waals surface area contributed by atoms with E-state index in [-0.39, 0.29) is 11.5 Å². The van der Waals surface area contributed by atoms with Crippen molar-refractivity contribution in [1.82, 2.24) is 14.8 Å². The summed E-state index contributed by atoms with van der Waals surface area (Å²) in [6.45, 7) is 4.01. The molecule has 0 spiro atoms. The Morgan fingerprint density at radius 2 is 1.74 bits per heavy atom. The second kappa shape index (κ2) is 11.1. The van der Waals surface area contributed by atoms with E-state index in [0.717, 1.165) is 16.8 Å². The molecule has 1 atom stereocenters. The average Bonchev–Trinajstić information content (AvgIpc) is 3.23. The molecule has 35 heavy (non-hydrogen) atoms. The van der Waals surface area contributed by atoms with Crippen molar-refractivity contribution in [1.29, 1.82) is 0 Å². The number of hydrogen-bond donors (Lipinski definition) is 0. The number of aromatic nitrogens is 3. The van der Waals surface area contributed by atoms with Crippen LogP contribution in [0.2, 0.25) is 0 Å². The number of rotatable bonds is 10. The van der Waals surface area contributed by atoms with Crippen molar-refractivity contribution in [3.05, 3.63) is 105 Å². The lowest BCUT2D eigenvalue weighted by molar-refractivity contribution is -0.479. The predicted octanol–water partition coefficient (Wildman–Crippen LogP) is 5.58. The van der Waals surface area contributed by atoms with E-state index < -0.39 is 5.25 Å². The highest BCUT2D eigenvalue weighted by Gasteiger charge is 2.25. The molecule has 0 N–H and O–H groups in total. The van der Waals surface area contributed by atoms with E-state index in [2.05, 4.69) is 10.2 Å². The van der Waals surface area contributed by atoms with Crippen LogP contribution in [0.15, 0.2) is 78.0 Å². The van der Waals surface area contributed by atoms with Crippen molar-refractivity contribution < 1.29 is 14.4 Å². The third kappa shape index (κ3) is 5.99. The van der Waals surface area contributed by atoms with Gasteiger partial charge >= 0.3 is 0 Å². The Balaban J connectivity index is 1.59. The van der Waals surface area contributed by atoms with Crippen LogP contribution in [-0.4, -0.2) is 33.3 Å². The molecule has 0 bridgehead atoms. The molecule has 1 aromatic heterocycles. The summed E-state index contributed by atoms with van der Waals surface area (Å²) in [5.74, 6) is 1.80. The number of para-hydroxylation sites is 1. The molecule has 0 radical (unpaired) electrons. The van der Waals surface area contributed by atoms with Crippen molar-refractivity contribution in [3.8, 4) is 17.2 Å². The maximum Gasteiger partial charge on any atom is 0.220 e. The first-order valence-electron chi connectivity index (χ1n) is 11.1. The number of nitro groups is 1. The Morgan fingerprint density at radius 3 is 2.43 bits per heavy atom. The molecule has 0 saturated heterocycles. The molecule has 1 heterocycles. The van der Waals surface area contributed by atoms with Crippen LogP contribution in [-0.2, 0) is 6.61 Å². The third-order valence-electron chi connectivity index (χ3n) is 5.45. The Kier molecular flexibility index (Phi) is 7.67. The Morgan fingerprint density at radius 1 is 1.00 bits per heavy atom. The lowest BCUT2D eigenvalue weighted by atomic mass is 10.1. The van der Waals surface area contributed by atoms with Gasteiger partial charge in [0.15, 0.2) is 16.7 Å². The van der Waals surface area contributed by atoms with Gasteiger partial charge in [0, 0.05) is 10.6 Å². The molecule has 8 nitrogen and oxygen atoms in total. The van der Waals surface area contributed by atoms with Gasteiger partial charge in [-0.05, 0) is 49.2 Å². The molecule has 0 fully saturated rings. The van der Waals surface area contributed by atoms with Crippen molar-refractivity contribution in [2.45, 2.75) is 30.9 Å². The van der Waals surface area contributed by atoms with E-state index in [9.17, 15) is 10.1 Å². The summed E-state index contributed by atoms with van der Waals surface area (Å²) in [5, 5.41) is 20.1. The van der Waals surface area contributed by atoms with Crippen LogP contribution < -0.4 is 9.47 Å². The number of thioether (sulfide) groups is 1. The first-order valence-corrected chi connectivity index (χ1v) is 11.9. The van der Waals surface area contributed by atoms with E-state index in [1.165, 1.54) is 17.3 Å². The Bertz CT molecular complexity index is 1290. The average molecular weight is 491 g/mol. The molecule has 0 saturated carbocycles. The molecular formula is C26H26N4O4S. The Labute approximate surface area is 208 Å². The van der Waals surface area contributed by atoms with Gasteiger partial charge in [0.1, 0.15) is 17.7 Å². The van der Waals surface area contributed by atoms with Crippen molar-refractivity contribution in [2.24, 2.45) is 0 Å². The first-order chi connectivity index (χ1) is 16.9. The lowest BCUT2D eigenvalue weighted by Crippen LogP contribution is -2.11. The molecule has 180 valence electrons. The Hall–Kier alpha value is -3.85. The molecular weight excluding hydrogens is 464 g/mol. The summed E-state index contributed by atoms with van der Waals surface area (Å²) < 4.78 is 13.4. The minimum absolute atomic E-state index is 0.280. The smallest absolute Gasteiger partial charge is 0.220 e. The van der Waals surface area contributed by atoms with Crippen molar-refractivity contribution in [3.63, 3.8) is 0 Å². The third-order valence-corrected chi connectivity index (χ3v) is 6.63. The highest BCUT2D eigenvalue weighted by Crippen LogP contribution is 2.39. The summed E-state index contributed by atoms with van der Waals surface area (Å²) in [5.41, 5.74) is 3.86. The maximum atomic E-state index is 11.5. The number of nitrogens with zero attached hydrogens (tertiary/aromatic N) is 4. The zero-order valence-electron chi connectivity index (χ0n) is 19.7. The number of ether oxygens (including phenoxy) is 2. The predicted molar refractivity (Wildman–Crippen MR) is 135 cm³/mol. The second-order valence-corrected chi connectivity index (χ2v) is 9.18. The van der Waals surface area contributed by atoms with Crippen LogP contribution in [0.1, 0.15) is 27.8 Å². The minimum atomic E-state index is -0.504. The fourth-order valence-electron chi connectivity index (χ4n) is 3.62. The molecule has 4 aromatic rings. The van der Waals surface area contributed by atoms with Crippen molar-refractivity contribution in [2.75, 3.05) is 13.7 Å². The quantitative estimate of drug-likeness (QED) is 0.163.